The number of rotatable bonds is 4. The number of aryl methyl sites for hydroxylation is 1. The maximum absolute atomic E-state index is 7.20. The summed E-state index contributed by atoms with van der Waals surface area (Å²) in [5, 5.41) is 1.98. The molecule has 0 aliphatic heterocycles. The van der Waals surface area contributed by atoms with Crippen molar-refractivity contribution in [1.29, 1.82) is 0 Å². The van der Waals surface area contributed by atoms with Gasteiger partial charge in [-0.05, 0) is 12.8 Å². The number of thiazole rings is 1. The minimum absolute atomic E-state index is 0.441. The Bertz CT molecular complexity index is 210. The lowest BCUT2D eigenvalue weighted by molar-refractivity contribution is 0.710. The highest BCUT2D eigenvalue weighted by Gasteiger charge is 1.92. The number of hydrogen-bond donors (Lipinski definition) is 0. The van der Waals surface area contributed by atoms with Crippen LogP contribution in [0.4, 0.5) is 0 Å². The van der Waals surface area contributed by atoms with Gasteiger partial charge in [0.15, 0.2) is 0 Å². The lowest BCUT2D eigenvalue weighted by Gasteiger charge is -1.92. The summed E-state index contributed by atoms with van der Waals surface area (Å²) in [4.78, 5) is 4.07. The van der Waals surface area contributed by atoms with Crippen molar-refractivity contribution in [2.24, 2.45) is 0 Å². The van der Waals surface area contributed by atoms with Gasteiger partial charge in [-0.1, -0.05) is 19.8 Å². The van der Waals surface area contributed by atoms with E-state index in [0.29, 0.717) is 5.49 Å². The van der Waals surface area contributed by atoms with E-state index >= 15 is 0 Å². The average Bonchev–Trinajstić information content (AvgIpc) is 2.37. The van der Waals surface area contributed by atoms with E-state index in [9.17, 15) is 0 Å². The zero-order valence-electron chi connectivity index (χ0n) is 7.26. The molecule has 1 rings (SSSR count). The van der Waals surface area contributed by atoms with Gasteiger partial charge in [0, 0.05) is 5.38 Å². The second-order valence-electron chi connectivity index (χ2n) is 2.39. The summed E-state index contributed by atoms with van der Waals surface area (Å²) in [6.07, 6.45) is 4.77. The molecule has 0 saturated heterocycles. The van der Waals surface area contributed by atoms with E-state index in [-0.39, 0.29) is 0 Å². The summed E-state index contributed by atoms with van der Waals surface area (Å²) in [6, 6.07) is 0. The van der Waals surface area contributed by atoms with E-state index < -0.39 is 0 Å². The van der Waals surface area contributed by atoms with Gasteiger partial charge >= 0.3 is 0 Å². The van der Waals surface area contributed by atoms with Gasteiger partial charge in [0.25, 0.3) is 0 Å². The Balaban J connectivity index is 2.27. The lowest BCUT2D eigenvalue weighted by Crippen LogP contribution is -1.83. The summed E-state index contributed by atoms with van der Waals surface area (Å²) in [5.74, 6) is 0. The van der Waals surface area contributed by atoms with Crippen LogP contribution >= 0.6 is 11.3 Å². The van der Waals surface area contributed by atoms with Crippen molar-refractivity contribution in [2.45, 2.75) is 32.6 Å². The van der Waals surface area contributed by atoms with Crippen molar-refractivity contribution < 1.29 is 1.37 Å². The van der Waals surface area contributed by atoms with E-state index in [1.54, 1.807) is 0 Å². The van der Waals surface area contributed by atoms with Crippen LogP contribution in [0.1, 0.15) is 33.3 Å². The molecule has 0 bridgehead atoms. The molecular weight excluding hydrogens is 142 g/mol. The molecular formula is C8H13NS. The van der Waals surface area contributed by atoms with Crippen LogP contribution in [0.5, 0.6) is 0 Å². The van der Waals surface area contributed by atoms with Gasteiger partial charge < -0.3 is 0 Å². The van der Waals surface area contributed by atoms with E-state index in [0.717, 1.165) is 12.1 Å². The Labute approximate surface area is 67.5 Å². The van der Waals surface area contributed by atoms with Crippen LogP contribution in [0.2, 0.25) is 0 Å². The fourth-order valence-corrected chi connectivity index (χ4v) is 1.41. The Morgan fingerprint density at radius 1 is 1.70 bits per heavy atom. The smallest absolute Gasteiger partial charge is 0.0960 e. The molecule has 0 spiro atoms. The summed E-state index contributed by atoms with van der Waals surface area (Å²) in [7, 11) is 0. The predicted molar refractivity (Wildman–Crippen MR) is 45.3 cm³/mol. The van der Waals surface area contributed by atoms with Crippen molar-refractivity contribution in [3.05, 3.63) is 16.6 Å². The summed E-state index contributed by atoms with van der Waals surface area (Å²) < 4.78 is 7.20. The molecule has 1 nitrogen and oxygen atoms in total. The number of aromatic nitrogens is 1. The number of nitrogens with zero attached hydrogens (tertiary/aromatic N) is 1. The number of hydrogen-bond acceptors (Lipinski definition) is 2. The normalized spacial score (nSPS) is 11.5. The minimum atomic E-state index is 0.441. The number of unbranched alkanes of at least 4 members (excludes halogenated alkanes) is 2. The van der Waals surface area contributed by atoms with Crippen LogP contribution in [-0.2, 0) is 6.42 Å². The van der Waals surface area contributed by atoms with Gasteiger partial charge in [-0.15, -0.1) is 11.3 Å². The van der Waals surface area contributed by atoms with Crippen LogP contribution in [-0.4, -0.2) is 4.98 Å². The van der Waals surface area contributed by atoms with Gasteiger partial charge in [-0.3, -0.25) is 0 Å². The quantitative estimate of drug-likeness (QED) is 0.611. The van der Waals surface area contributed by atoms with Gasteiger partial charge in [-0.25, -0.2) is 4.98 Å². The van der Waals surface area contributed by atoms with E-state index in [1.807, 2.05) is 5.38 Å². The van der Waals surface area contributed by atoms with Crippen LogP contribution < -0.4 is 0 Å². The first-order valence-electron chi connectivity index (χ1n) is 4.24. The van der Waals surface area contributed by atoms with Gasteiger partial charge in [0.05, 0.1) is 12.6 Å². The van der Waals surface area contributed by atoms with Gasteiger partial charge in [0.1, 0.15) is 0 Å². The highest BCUT2D eigenvalue weighted by atomic mass is 32.1. The predicted octanol–water partition coefficient (Wildman–Crippen LogP) is 2.88. The first-order valence-corrected chi connectivity index (χ1v) is 4.62. The fraction of sp³-hybridized carbons (Fsp3) is 0.625. The monoisotopic (exact) mass is 156 g/mol. The third-order valence-corrected chi connectivity index (χ3v) is 2.06. The molecule has 0 saturated carbocycles. The van der Waals surface area contributed by atoms with Crippen molar-refractivity contribution >= 4 is 11.3 Å². The third-order valence-electron chi connectivity index (χ3n) is 1.47. The first kappa shape index (κ1) is 6.35. The van der Waals surface area contributed by atoms with Crippen LogP contribution in [0.25, 0.3) is 0 Å². The first-order chi connectivity index (χ1) is 5.33. The molecule has 10 heavy (non-hydrogen) atoms. The Morgan fingerprint density at radius 2 is 2.60 bits per heavy atom. The second-order valence-corrected chi connectivity index (χ2v) is 3.04. The fourth-order valence-electron chi connectivity index (χ4n) is 0.877. The molecule has 0 radical (unpaired) electrons. The molecule has 1 aromatic rings. The largest absolute Gasteiger partial charge is 0.250 e. The average molecular weight is 156 g/mol. The third kappa shape index (κ3) is 2.48. The zero-order chi connectivity index (χ0) is 8.10. The van der Waals surface area contributed by atoms with Crippen molar-refractivity contribution in [3.63, 3.8) is 0 Å². The highest BCUT2D eigenvalue weighted by Crippen LogP contribution is 2.06. The van der Waals surface area contributed by atoms with Crippen molar-refractivity contribution in [3.8, 4) is 0 Å². The molecule has 0 N–H and O–H groups in total. The molecule has 0 unspecified atom stereocenters. The summed E-state index contributed by atoms with van der Waals surface area (Å²) in [5.41, 5.74) is 1.53. The van der Waals surface area contributed by atoms with Crippen LogP contribution in [0, 0.1) is 0 Å². The Hall–Kier alpha value is -0.370. The topological polar surface area (TPSA) is 12.9 Å². The minimum Gasteiger partial charge on any atom is -0.250 e. The Morgan fingerprint density at radius 3 is 3.20 bits per heavy atom. The maximum Gasteiger partial charge on any atom is 0.0960 e. The second kappa shape index (κ2) is 4.45. The van der Waals surface area contributed by atoms with Crippen LogP contribution in [0.3, 0.4) is 0 Å². The zero-order valence-corrected chi connectivity index (χ0v) is 7.08. The molecule has 56 valence electrons. The van der Waals surface area contributed by atoms with Crippen molar-refractivity contribution in [1.82, 2.24) is 4.98 Å². The van der Waals surface area contributed by atoms with E-state index in [4.69, 9.17) is 1.37 Å². The molecule has 0 aliphatic rings. The van der Waals surface area contributed by atoms with Gasteiger partial charge in [0.2, 0.25) is 0 Å². The lowest BCUT2D eigenvalue weighted by atomic mass is 10.2. The van der Waals surface area contributed by atoms with E-state index in [1.165, 1.54) is 30.6 Å². The SMILES string of the molecule is [2H]c1nc(CCCCC)cs1. The van der Waals surface area contributed by atoms with Crippen molar-refractivity contribution in [2.75, 3.05) is 0 Å². The Kier molecular flexibility index (Phi) is 2.82. The van der Waals surface area contributed by atoms with E-state index in [2.05, 4.69) is 11.9 Å². The molecule has 0 aliphatic carbocycles. The summed E-state index contributed by atoms with van der Waals surface area (Å²) in [6.45, 7) is 2.19. The van der Waals surface area contributed by atoms with Crippen LogP contribution in [0.15, 0.2) is 10.9 Å². The highest BCUT2D eigenvalue weighted by molar-refractivity contribution is 7.07. The molecule has 1 heterocycles. The van der Waals surface area contributed by atoms with Gasteiger partial charge in [-0.2, -0.15) is 0 Å². The molecule has 0 fully saturated rings. The molecule has 0 atom stereocenters. The standard InChI is InChI=1S/C8H13NS/c1-2-3-4-5-8-6-10-7-9-8/h6-7H,2-5H2,1H3/i7D. The molecule has 0 aromatic carbocycles. The molecule has 1 aromatic heterocycles. The summed E-state index contributed by atoms with van der Waals surface area (Å²) >= 11 is 1.42. The maximum atomic E-state index is 7.20. The molecule has 0 amide bonds. The molecule has 2 heteroatoms.